The lowest BCUT2D eigenvalue weighted by molar-refractivity contribution is -0.159. The predicted octanol–water partition coefficient (Wildman–Crippen LogP) is 1.89. The van der Waals surface area contributed by atoms with E-state index in [1.165, 1.54) is 29.7 Å². The molecule has 3 rings (SSSR count). The fourth-order valence-electron chi connectivity index (χ4n) is 3.08. The Balaban J connectivity index is 0.000000469. The number of likely N-dealkylation sites (tertiary alicyclic amines) is 1. The summed E-state index contributed by atoms with van der Waals surface area (Å²) in [6.45, 7) is 4.83. The highest BCUT2D eigenvalue weighted by atomic mass is 32.1. The number of hydrogen-bond donors (Lipinski definition) is 4. The Bertz CT molecular complexity index is 778. The molecule has 30 heavy (non-hydrogen) atoms. The molecule has 8 nitrogen and oxygen atoms in total. The van der Waals surface area contributed by atoms with Crippen molar-refractivity contribution in [1.82, 2.24) is 15.5 Å². The molecule has 0 unspecified atom stereocenters. The van der Waals surface area contributed by atoms with Crippen LogP contribution in [0.1, 0.15) is 28.1 Å². The maximum atomic E-state index is 11.8. The molecular weight excluding hydrogens is 406 g/mol. The second kappa shape index (κ2) is 12.7. The van der Waals surface area contributed by atoms with Gasteiger partial charge in [-0.2, -0.15) is 0 Å². The highest BCUT2D eigenvalue weighted by molar-refractivity contribution is 7.12. The number of carbonyl (C=O) groups excluding carboxylic acids is 1. The van der Waals surface area contributed by atoms with Gasteiger partial charge in [-0.05, 0) is 42.9 Å². The van der Waals surface area contributed by atoms with E-state index in [9.17, 15) is 4.79 Å². The first-order valence-corrected chi connectivity index (χ1v) is 10.6. The first-order valence-electron chi connectivity index (χ1n) is 9.73. The number of hydrogen-bond acceptors (Lipinski definition) is 6. The summed E-state index contributed by atoms with van der Waals surface area (Å²) in [5.74, 6) is -3.62. The van der Waals surface area contributed by atoms with E-state index >= 15 is 0 Å². The highest BCUT2D eigenvalue weighted by Gasteiger charge is 2.18. The topological polar surface area (TPSA) is 119 Å². The molecule has 1 saturated heterocycles. The van der Waals surface area contributed by atoms with Crippen LogP contribution in [0.3, 0.4) is 0 Å². The third-order valence-corrected chi connectivity index (χ3v) is 5.48. The van der Waals surface area contributed by atoms with Crippen molar-refractivity contribution in [3.8, 4) is 0 Å². The third kappa shape index (κ3) is 8.73. The van der Waals surface area contributed by atoms with E-state index in [4.69, 9.17) is 19.8 Å². The zero-order valence-electron chi connectivity index (χ0n) is 16.6. The van der Waals surface area contributed by atoms with Crippen LogP contribution < -0.4 is 10.6 Å². The van der Waals surface area contributed by atoms with E-state index in [0.717, 1.165) is 31.1 Å². The molecule has 0 aliphatic carbocycles. The summed E-state index contributed by atoms with van der Waals surface area (Å²) in [5, 5.41) is 23.2. The quantitative estimate of drug-likeness (QED) is 0.389. The molecule has 1 aliphatic rings. The summed E-state index contributed by atoms with van der Waals surface area (Å²) in [6, 6.07) is 15.0. The van der Waals surface area contributed by atoms with Crippen molar-refractivity contribution in [2.75, 3.05) is 26.2 Å². The molecule has 1 amide bonds. The standard InChI is InChI=1S/C19H25N3OS.C2H2O4/c23-19(18-7-4-14-24-18)21-11-10-20-17-8-12-22(13-9-17)15-16-5-2-1-3-6-16;3-1(4)2(5)6/h1-7,14,17,20H,8-13,15H2,(H,21,23);(H,3,4)(H,5,6). The zero-order chi connectivity index (χ0) is 21.8. The lowest BCUT2D eigenvalue weighted by Crippen LogP contribution is -2.44. The molecule has 0 bridgehead atoms. The first-order chi connectivity index (χ1) is 14.5. The first kappa shape index (κ1) is 23.5. The van der Waals surface area contributed by atoms with E-state index < -0.39 is 11.9 Å². The number of carbonyl (C=O) groups is 3. The van der Waals surface area contributed by atoms with Gasteiger partial charge in [-0.15, -0.1) is 11.3 Å². The largest absolute Gasteiger partial charge is 0.473 e. The number of rotatable bonds is 7. The number of carboxylic acid groups (broad SMARTS) is 2. The Morgan fingerprint density at radius 3 is 2.20 bits per heavy atom. The van der Waals surface area contributed by atoms with Crippen molar-refractivity contribution in [2.45, 2.75) is 25.4 Å². The summed E-state index contributed by atoms with van der Waals surface area (Å²) in [7, 11) is 0. The van der Waals surface area contributed by atoms with Crippen molar-refractivity contribution in [2.24, 2.45) is 0 Å². The molecule has 4 N–H and O–H groups in total. The minimum absolute atomic E-state index is 0.0319. The maximum absolute atomic E-state index is 11.8. The monoisotopic (exact) mass is 433 g/mol. The summed E-state index contributed by atoms with van der Waals surface area (Å²) in [5.41, 5.74) is 1.39. The lowest BCUT2D eigenvalue weighted by atomic mass is 10.0. The molecule has 0 atom stereocenters. The summed E-state index contributed by atoms with van der Waals surface area (Å²) in [4.78, 5) is 33.3. The molecule has 0 saturated carbocycles. The third-order valence-electron chi connectivity index (χ3n) is 4.61. The van der Waals surface area contributed by atoms with Gasteiger partial charge >= 0.3 is 11.9 Å². The minimum atomic E-state index is -1.82. The van der Waals surface area contributed by atoms with Crippen LogP contribution in [-0.4, -0.2) is 65.2 Å². The average Bonchev–Trinajstić information content (AvgIpc) is 3.28. The number of aliphatic carboxylic acids is 2. The van der Waals surface area contributed by atoms with Gasteiger partial charge in [-0.1, -0.05) is 36.4 Å². The molecule has 1 aromatic carbocycles. The molecule has 2 heterocycles. The maximum Gasteiger partial charge on any atom is 0.414 e. The van der Waals surface area contributed by atoms with Crippen LogP contribution in [0.2, 0.25) is 0 Å². The Hall–Kier alpha value is -2.75. The van der Waals surface area contributed by atoms with Crippen molar-refractivity contribution in [1.29, 1.82) is 0 Å². The SMILES string of the molecule is O=C(NCCNC1CCN(Cc2ccccc2)CC1)c1cccs1.O=C(O)C(=O)O. The van der Waals surface area contributed by atoms with Crippen LogP contribution in [0.15, 0.2) is 47.8 Å². The minimum Gasteiger partial charge on any atom is -0.473 e. The number of thiophene rings is 1. The van der Waals surface area contributed by atoms with E-state index in [0.29, 0.717) is 12.6 Å². The molecule has 0 spiro atoms. The Morgan fingerprint density at radius 1 is 0.967 bits per heavy atom. The van der Waals surface area contributed by atoms with Crippen LogP contribution in [0.25, 0.3) is 0 Å². The molecule has 9 heteroatoms. The molecule has 0 radical (unpaired) electrons. The summed E-state index contributed by atoms with van der Waals surface area (Å²) >= 11 is 1.48. The lowest BCUT2D eigenvalue weighted by Gasteiger charge is -2.32. The van der Waals surface area contributed by atoms with Crippen LogP contribution in [-0.2, 0) is 16.1 Å². The van der Waals surface area contributed by atoms with E-state index in [1.807, 2.05) is 17.5 Å². The number of piperidine rings is 1. The fourth-order valence-corrected chi connectivity index (χ4v) is 3.72. The van der Waals surface area contributed by atoms with E-state index in [1.54, 1.807) is 0 Å². The second-order valence-corrected chi connectivity index (χ2v) is 7.78. The smallest absolute Gasteiger partial charge is 0.414 e. The van der Waals surface area contributed by atoms with Crippen LogP contribution in [0.4, 0.5) is 0 Å². The van der Waals surface area contributed by atoms with Crippen molar-refractivity contribution in [3.63, 3.8) is 0 Å². The molecule has 162 valence electrons. The van der Waals surface area contributed by atoms with Gasteiger partial charge in [0.05, 0.1) is 4.88 Å². The predicted molar refractivity (Wildman–Crippen MR) is 115 cm³/mol. The average molecular weight is 434 g/mol. The highest BCUT2D eigenvalue weighted by Crippen LogP contribution is 2.13. The van der Waals surface area contributed by atoms with Gasteiger partial charge in [0.25, 0.3) is 5.91 Å². The number of nitrogens with one attached hydrogen (secondary N) is 2. The van der Waals surface area contributed by atoms with Gasteiger partial charge in [0.15, 0.2) is 0 Å². The number of amides is 1. The summed E-state index contributed by atoms with van der Waals surface area (Å²) in [6.07, 6.45) is 2.34. The van der Waals surface area contributed by atoms with Gasteiger partial charge in [0, 0.05) is 25.7 Å². The van der Waals surface area contributed by atoms with Gasteiger partial charge in [-0.3, -0.25) is 9.69 Å². The molecule has 2 aromatic rings. The molecule has 1 aromatic heterocycles. The van der Waals surface area contributed by atoms with Gasteiger partial charge in [0.2, 0.25) is 0 Å². The Kier molecular flexibility index (Phi) is 9.99. The van der Waals surface area contributed by atoms with Crippen LogP contribution in [0, 0.1) is 0 Å². The zero-order valence-corrected chi connectivity index (χ0v) is 17.4. The number of carboxylic acids is 2. The van der Waals surface area contributed by atoms with Gasteiger partial charge in [-0.25, -0.2) is 9.59 Å². The van der Waals surface area contributed by atoms with Crippen LogP contribution >= 0.6 is 11.3 Å². The number of benzene rings is 1. The van der Waals surface area contributed by atoms with E-state index in [-0.39, 0.29) is 5.91 Å². The Morgan fingerprint density at radius 2 is 1.63 bits per heavy atom. The number of nitrogens with zero attached hydrogens (tertiary/aromatic N) is 1. The fraction of sp³-hybridized carbons (Fsp3) is 0.381. The summed E-state index contributed by atoms with van der Waals surface area (Å²) < 4.78 is 0. The van der Waals surface area contributed by atoms with Gasteiger partial charge in [0.1, 0.15) is 0 Å². The van der Waals surface area contributed by atoms with Crippen molar-refractivity contribution >= 4 is 29.2 Å². The van der Waals surface area contributed by atoms with E-state index in [2.05, 4.69) is 45.9 Å². The Labute approximate surface area is 179 Å². The normalized spacial score (nSPS) is 14.4. The second-order valence-electron chi connectivity index (χ2n) is 6.83. The van der Waals surface area contributed by atoms with Crippen LogP contribution in [0.5, 0.6) is 0 Å². The van der Waals surface area contributed by atoms with Crippen molar-refractivity contribution < 1.29 is 24.6 Å². The molecule has 1 fully saturated rings. The molecule has 1 aliphatic heterocycles. The van der Waals surface area contributed by atoms with Crippen molar-refractivity contribution in [3.05, 3.63) is 58.3 Å². The molecular formula is C21H27N3O5S. The van der Waals surface area contributed by atoms with Gasteiger partial charge < -0.3 is 20.8 Å².